The summed E-state index contributed by atoms with van der Waals surface area (Å²) in [5, 5.41) is 0. The molecular formula is C52H100O6. The lowest BCUT2D eigenvalue weighted by atomic mass is 9.99. The van der Waals surface area contributed by atoms with Crippen LogP contribution in [0.4, 0.5) is 0 Å². The van der Waals surface area contributed by atoms with E-state index in [2.05, 4.69) is 34.6 Å². The van der Waals surface area contributed by atoms with Crippen LogP contribution in [0.5, 0.6) is 0 Å². The van der Waals surface area contributed by atoms with Crippen molar-refractivity contribution in [3.05, 3.63) is 0 Å². The van der Waals surface area contributed by atoms with Gasteiger partial charge in [0, 0.05) is 19.3 Å². The Morgan fingerprint density at radius 1 is 0.362 bits per heavy atom. The fourth-order valence-electron chi connectivity index (χ4n) is 7.78. The van der Waals surface area contributed by atoms with Crippen LogP contribution in [-0.4, -0.2) is 37.2 Å². The van der Waals surface area contributed by atoms with Gasteiger partial charge in [-0.1, -0.05) is 247 Å². The number of hydrogen-bond donors (Lipinski definition) is 0. The molecule has 2 atom stereocenters. The molecule has 0 aromatic carbocycles. The lowest BCUT2D eigenvalue weighted by Gasteiger charge is -2.18. The molecule has 0 aromatic rings. The molecule has 0 aliphatic carbocycles. The number of rotatable bonds is 46. The van der Waals surface area contributed by atoms with E-state index in [9.17, 15) is 14.4 Å². The molecule has 0 rings (SSSR count). The van der Waals surface area contributed by atoms with Crippen LogP contribution in [0.1, 0.15) is 285 Å². The van der Waals surface area contributed by atoms with E-state index in [1.807, 2.05) is 0 Å². The van der Waals surface area contributed by atoms with E-state index in [1.165, 1.54) is 173 Å². The standard InChI is InChI=1S/C52H100O6/c1-6-8-9-10-11-12-13-14-18-21-27-32-37-42-50(53)56-45-49(58-52(55)44-39-34-29-24-23-26-31-36-41-48(5)7-2)46-57-51(54)43-38-33-28-22-19-16-15-17-20-25-30-35-40-47(3)4/h47-49H,6-46H2,1-5H3/t48?,49-/m1/s1. The SMILES string of the molecule is CCCCCCCCCCCCCCCC(=O)OC[C@H](COC(=O)CCCCCCCCCCCCCCC(C)C)OC(=O)CCCCCCCCCCC(C)CC. The first kappa shape index (κ1) is 56.4. The van der Waals surface area contributed by atoms with Crippen LogP contribution in [0.25, 0.3) is 0 Å². The van der Waals surface area contributed by atoms with Gasteiger partial charge in [0.15, 0.2) is 6.10 Å². The fraction of sp³-hybridized carbons (Fsp3) is 0.942. The van der Waals surface area contributed by atoms with E-state index in [-0.39, 0.29) is 31.1 Å². The van der Waals surface area contributed by atoms with Crippen molar-refractivity contribution in [2.24, 2.45) is 11.8 Å². The number of carbonyl (C=O) groups excluding carboxylic acids is 3. The highest BCUT2D eigenvalue weighted by Crippen LogP contribution is 2.18. The molecule has 0 aromatic heterocycles. The minimum Gasteiger partial charge on any atom is -0.462 e. The third-order valence-corrected chi connectivity index (χ3v) is 12.1. The highest BCUT2D eigenvalue weighted by molar-refractivity contribution is 5.71. The minimum absolute atomic E-state index is 0.0640. The third kappa shape index (κ3) is 44.0. The Hall–Kier alpha value is -1.59. The summed E-state index contributed by atoms with van der Waals surface area (Å²) in [4.78, 5) is 37.9. The zero-order valence-corrected chi connectivity index (χ0v) is 39.7. The van der Waals surface area contributed by atoms with Crippen LogP contribution in [0, 0.1) is 11.8 Å². The van der Waals surface area contributed by atoms with Gasteiger partial charge in [-0.25, -0.2) is 0 Å². The molecule has 6 nitrogen and oxygen atoms in total. The molecule has 58 heavy (non-hydrogen) atoms. The number of ether oxygens (including phenoxy) is 3. The Labute approximate surface area is 361 Å². The van der Waals surface area contributed by atoms with Crippen molar-refractivity contribution in [2.75, 3.05) is 13.2 Å². The maximum atomic E-state index is 12.8. The van der Waals surface area contributed by atoms with Crippen molar-refractivity contribution >= 4 is 17.9 Å². The van der Waals surface area contributed by atoms with E-state index in [1.54, 1.807) is 0 Å². The van der Waals surface area contributed by atoms with E-state index in [0.717, 1.165) is 69.6 Å². The van der Waals surface area contributed by atoms with Gasteiger partial charge in [0.1, 0.15) is 13.2 Å². The maximum absolute atomic E-state index is 12.8. The Kier molecular flexibility index (Phi) is 43.7. The number of esters is 3. The quantitative estimate of drug-likeness (QED) is 0.0346. The molecule has 0 aliphatic heterocycles. The second kappa shape index (κ2) is 44.9. The van der Waals surface area contributed by atoms with E-state index in [0.29, 0.717) is 19.3 Å². The molecule has 0 spiro atoms. The molecular weight excluding hydrogens is 721 g/mol. The van der Waals surface area contributed by atoms with Crippen LogP contribution < -0.4 is 0 Å². The van der Waals surface area contributed by atoms with Crippen molar-refractivity contribution in [1.82, 2.24) is 0 Å². The molecule has 1 unspecified atom stereocenters. The first-order valence-electron chi connectivity index (χ1n) is 25.8. The molecule has 0 heterocycles. The molecule has 0 bridgehead atoms. The zero-order valence-electron chi connectivity index (χ0n) is 39.7. The van der Waals surface area contributed by atoms with Crippen LogP contribution in [0.15, 0.2) is 0 Å². The molecule has 0 saturated carbocycles. The van der Waals surface area contributed by atoms with E-state index < -0.39 is 6.10 Å². The molecule has 344 valence electrons. The molecule has 0 radical (unpaired) electrons. The number of carbonyl (C=O) groups is 3. The first-order valence-corrected chi connectivity index (χ1v) is 25.8. The zero-order chi connectivity index (χ0) is 42.6. The lowest BCUT2D eigenvalue weighted by Crippen LogP contribution is -2.30. The summed E-state index contributed by atoms with van der Waals surface area (Å²) in [7, 11) is 0. The average Bonchev–Trinajstić information content (AvgIpc) is 3.21. The van der Waals surface area contributed by atoms with Crippen LogP contribution in [-0.2, 0) is 28.6 Å². The monoisotopic (exact) mass is 821 g/mol. The summed E-state index contributed by atoms with van der Waals surface area (Å²) in [6.45, 7) is 11.4. The Balaban J connectivity index is 4.32. The van der Waals surface area contributed by atoms with Gasteiger partial charge in [0.05, 0.1) is 0 Å². The molecule has 0 aliphatic rings. The van der Waals surface area contributed by atoms with Gasteiger partial charge >= 0.3 is 17.9 Å². The lowest BCUT2D eigenvalue weighted by molar-refractivity contribution is -0.167. The second-order valence-corrected chi connectivity index (χ2v) is 18.5. The highest BCUT2D eigenvalue weighted by Gasteiger charge is 2.19. The second-order valence-electron chi connectivity index (χ2n) is 18.5. The topological polar surface area (TPSA) is 78.9 Å². The summed E-state index contributed by atoms with van der Waals surface area (Å²) in [6.07, 6.45) is 45.1. The van der Waals surface area contributed by atoms with Gasteiger partial charge < -0.3 is 14.2 Å². The van der Waals surface area contributed by atoms with Gasteiger partial charge in [-0.3, -0.25) is 14.4 Å². The number of hydrogen-bond acceptors (Lipinski definition) is 6. The summed E-state index contributed by atoms with van der Waals surface area (Å²) >= 11 is 0. The van der Waals surface area contributed by atoms with Gasteiger partial charge in [-0.15, -0.1) is 0 Å². The molecule has 6 heteroatoms. The summed E-state index contributed by atoms with van der Waals surface area (Å²) in [5.74, 6) is 0.829. The third-order valence-electron chi connectivity index (χ3n) is 12.1. The van der Waals surface area contributed by atoms with Crippen molar-refractivity contribution in [3.63, 3.8) is 0 Å². The predicted octanol–water partition coefficient (Wildman–Crippen LogP) is 16.5. The van der Waals surface area contributed by atoms with Crippen molar-refractivity contribution in [1.29, 1.82) is 0 Å². The van der Waals surface area contributed by atoms with Crippen LogP contribution in [0.2, 0.25) is 0 Å². The summed E-state index contributed by atoms with van der Waals surface area (Å²) in [6, 6.07) is 0. The van der Waals surface area contributed by atoms with E-state index in [4.69, 9.17) is 14.2 Å². The average molecular weight is 821 g/mol. The summed E-state index contributed by atoms with van der Waals surface area (Å²) < 4.78 is 16.8. The smallest absolute Gasteiger partial charge is 0.306 e. The van der Waals surface area contributed by atoms with Crippen molar-refractivity contribution in [3.8, 4) is 0 Å². The van der Waals surface area contributed by atoms with Crippen LogP contribution in [0.3, 0.4) is 0 Å². The Morgan fingerprint density at radius 2 is 0.655 bits per heavy atom. The fourth-order valence-corrected chi connectivity index (χ4v) is 7.78. The summed E-state index contributed by atoms with van der Waals surface area (Å²) in [5.41, 5.74) is 0. The Bertz CT molecular complexity index is 887. The van der Waals surface area contributed by atoms with Gasteiger partial charge in [0.2, 0.25) is 0 Å². The normalized spacial score (nSPS) is 12.5. The predicted molar refractivity (Wildman–Crippen MR) is 247 cm³/mol. The van der Waals surface area contributed by atoms with E-state index >= 15 is 0 Å². The Morgan fingerprint density at radius 3 is 0.983 bits per heavy atom. The molecule has 0 fully saturated rings. The van der Waals surface area contributed by atoms with Crippen molar-refractivity contribution < 1.29 is 28.6 Å². The first-order chi connectivity index (χ1) is 28.3. The van der Waals surface area contributed by atoms with Gasteiger partial charge in [-0.2, -0.15) is 0 Å². The van der Waals surface area contributed by atoms with Crippen LogP contribution >= 0.6 is 0 Å². The molecule has 0 amide bonds. The largest absolute Gasteiger partial charge is 0.462 e. The molecule has 0 N–H and O–H groups in total. The van der Waals surface area contributed by atoms with Gasteiger partial charge in [-0.05, 0) is 31.1 Å². The van der Waals surface area contributed by atoms with Crippen molar-refractivity contribution in [2.45, 2.75) is 291 Å². The maximum Gasteiger partial charge on any atom is 0.306 e. The number of unbranched alkanes of at least 4 members (excludes halogenated alkanes) is 30. The highest BCUT2D eigenvalue weighted by atomic mass is 16.6. The minimum atomic E-state index is -0.762. The molecule has 0 saturated heterocycles. The van der Waals surface area contributed by atoms with Gasteiger partial charge in [0.25, 0.3) is 0 Å².